The molecule has 0 bridgehead atoms. The zero-order chi connectivity index (χ0) is 33.6. The Kier molecular flexibility index (Phi) is 12.2. The van der Waals surface area contributed by atoms with Crippen LogP contribution in [0.3, 0.4) is 0 Å². The van der Waals surface area contributed by atoms with Crippen LogP contribution in [0.5, 0.6) is 17.2 Å². The summed E-state index contributed by atoms with van der Waals surface area (Å²) in [5, 5.41) is 32.4. The third-order valence-electron chi connectivity index (χ3n) is 8.69. The van der Waals surface area contributed by atoms with Gasteiger partial charge in [0.15, 0.2) is 0 Å². The lowest BCUT2D eigenvalue weighted by Gasteiger charge is -2.19. The van der Waals surface area contributed by atoms with E-state index in [2.05, 4.69) is 10.2 Å². The molecule has 1 saturated heterocycles. The summed E-state index contributed by atoms with van der Waals surface area (Å²) in [5.74, 6) is -2.19. The Bertz CT molecular complexity index is 1510. The summed E-state index contributed by atoms with van der Waals surface area (Å²) < 4.78 is 45.1. The smallest absolute Gasteiger partial charge is 0.255 e. The highest BCUT2D eigenvalue weighted by molar-refractivity contribution is 6.34. The highest BCUT2D eigenvalue weighted by Gasteiger charge is 2.57. The SMILES string of the molecule is Cc1c(OCCCN2CC[C@@H](O)C2)cccc1-c1cccc(COc2cc(OC[C@H]3CC3(F)F)c(CNC(CO)CO)cc2Cl)c1Cl. The van der Waals surface area contributed by atoms with Gasteiger partial charge in [-0.1, -0.05) is 53.5 Å². The number of halogens is 4. The summed E-state index contributed by atoms with van der Waals surface area (Å²) in [7, 11) is 0. The molecule has 0 aromatic heterocycles. The molecule has 1 aliphatic carbocycles. The Morgan fingerprint density at radius 3 is 2.43 bits per heavy atom. The normalized spacial score (nSPS) is 18.9. The number of nitrogens with one attached hydrogen (secondary N) is 1. The quantitative estimate of drug-likeness (QED) is 0.130. The van der Waals surface area contributed by atoms with Gasteiger partial charge in [0, 0.05) is 55.4 Å². The molecule has 47 heavy (non-hydrogen) atoms. The standard InChI is InChI=1S/C35H42Cl2F2N2O6/c1-22-28(6-3-8-31(22)45-12-4-10-41-11-9-27(44)17-41)29-7-2-5-23(34(29)37)20-46-33-14-32(47-21-25-15-35(25,38)39)24(13-30(33)36)16-40-26(18-42)19-43/h2-3,5-8,13-14,25-27,40,42-44H,4,9-12,15-21H2,1H3/t25-,27-/m1/s1. The molecule has 8 nitrogen and oxygen atoms in total. The maximum absolute atomic E-state index is 13.5. The summed E-state index contributed by atoms with van der Waals surface area (Å²) in [5.41, 5.74) is 4.02. The van der Waals surface area contributed by atoms with E-state index in [9.17, 15) is 24.1 Å². The van der Waals surface area contributed by atoms with Gasteiger partial charge in [0.05, 0.1) is 54.5 Å². The van der Waals surface area contributed by atoms with Crippen LogP contribution in [0.4, 0.5) is 8.78 Å². The van der Waals surface area contributed by atoms with Gasteiger partial charge in [-0.25, -0.2) is 8.78 Å². The van der Waals surface area contributed by atoms with Gasteiger partial charge in [0.1, 0.15) is 23.9 Å². The van der Waals surface area contributed by atoms with Crippen molar-refractivity contribution in [1.29, 1.82) is 0 Å². The van der Waals surface area contributed by atoms with Gasteiger partial charge in [-0.05, 0) is 43.0 Å². The van der Waals surface area contributed by atoms with Crippen LogP contribution in [0, 0.1) is 12.8 Å². The topological polar surface area (TPSA) is 104 Å². The lowest BCUT2D eigenvalue weighted by atomic mass is 9.98. The van der Waals surface area contributed by atoms with Crippen molar-refractivity contribution in [2.75, 3.05) is 46.1 Å². The summed E-state index contributed by atoms with van der Waals surface area (Å²) in [6.07, 6.45) is 1.23. The van der Waals surface area contributed by atoms with Crippen LogP contribution in [0.25, 0.3) is 11.1 Å². The Hall–Kier alpha value is -2.70. The minimum atomic E-state index is -2.73. The molecule has 3 aromatic rings. The summed E-state index contributed by atoms with van der Waals surface area (Å²) >= 11 is 13.5. The number of benzene rings is 3. The highest BCUT2D eigenvalue weighted by Crippen LogP contribution is 2.49. The number of nitrogens with zero attached hydrogens (tertiary/aromatic N) is 1. The molecule has 2 atom stereocenters. The molecule has 1 aliphatic heterocycles. The second kappa shape index (κ2) is 16.1. The van der Waals surface area contributed by atoms with Gasteiger partial charge in [-0.2, -0.15) is 0 Å². The van der Waals surface area contributed by atoms with Crippen LogP contribution >= 0.6 is 23.2 Å². The van der Waals surface area contributed by atoms with Crippen molar-refractivity contribution in [3.63, 3.8) is 0 Å². The summed E-state index contributed by atoms with van der Waals surface area (Å²) in [4.78, 5) is 2.25. The van der Waals surface area contributed by atoms with Crippen LogP contribution in [-0.2, 0) is 13.2 Å². The fourth-order valence-corrected chi connectivity index (χ4v) is 6.17. The zero-order valence-corrected chi connectivity index (χ0v) is 27.9. The van der Waals surface area contributed by atoms with E-state index in [0.717, 1.165) is 60.5 Å². The van der Waals surface area contributed by atoms with E-state index in [0.29, 0.717) is 28.7 Å². The van der Waals surface area contributed by atoms with Crippen molar-refractivity contribution in [1.82, 2.24) is 10.2 Å². The van der Waals surface area contributed by atoms with Crippen LogP contribution < -0.4 is 19.5 Å². The maximum Gasteiger partial charge on any atom is 0.255 e. The van der Waals surface area contributed by atoms with Gasteiger partial charge in [-0.3, -0.25) is 0 Å². The lowest BCUT2D eigenvalue weighted by Crippen LogP contribution is -2.35. The molecule has 0 unspecified atom stereocenters. The number of likely N-dealkylation sites (tertiary alicyclic amines) is 1. The molecular formula is C35H42Cl2F2N2O6. The van der Waals surface area contributed by atoms with Crippen molar-refractivity contribution < 1.29 is 38.3 Å². The first-order valence-electron chi connectivity index (χ1n) is 15.9. The van der Waals surface area contributed by atoms with Crippen LogP contribution in [0.15, 0.2) is 48.5 Å². The number of hydrogen-bond donors (Lipinski definition) is 4. The number of rotatable bonds is 17. The minimum absolute atomic E-state index is 0.0850. The van der Waals surface area contributed by atoms with Crippen molar-refractivity contribution in [3.05, 3.63) is 75.3 Å². The minimum Gasteiger partial charge on any atom is -0.493 e. The maximum atomic E-state index is 13.5. The third kappa shape index (κ3) is 9.26. The van der Waals surface area contributed by atoms with Crippen LogP contribution in [0.1, 0.15) is 36.0 Å². The molecule has 0 amide bonds. The molecule has 12 heteroatoms. The van der Waals surface area contributed by atoms with Crippen molar-refractivity contribution >= 4 is 23.2 Å². The second-order valence-corrected chi connectivity index (χ2v) is 13.0. The number of ether oxygens (including phenoxy) is 3. The van der Waals surface area contributed by atoms with Gasteiger partial charge in [0.25, 0.3) is 5.92 Å². The molecule has 0 spiro atoms. The predicted molar refractivity (Wildman–Crippen MR) is 178 cm³/mol. The molecule has 1 saturated carbocycles. The van der Waals surface area contributed by atoms with Gasteiger partial charge >= 0.3 is 0 Å². The van der Waals surface area contributed by atoms with Crippen molar-refractivity contribution in [3.8, 4) is 28.4 Å². The summed E-state index contributed by atoms with van der Waals surface area (Å²) in [6, 6.07) is 14.2. The molecule has 2 aliphatic rings. The van der Waals surface area contributed by atoms with Crippen LogP contribution in [-0.4, -0.2) is 84.3 Å². The second-order valence-electron chi connectivity index (χ2n) is 12.2. The van der Waals surface area contributed by atoms with Crippen LogP contribution in [0.2, 0.25) is 10.0 Å². The Labute approximate surface area is 284 Å². The average Bonchev–Trinajstić information content (AvgIpc) is 3.45. The molecule has 3 aromatic carbocycles. The predicted octanol–water partition coefficient (Wildman–Crippen LogP) is 5.86. The highest BCUT2D eigenvalue weighted by atomic mass is 35.5. The molecular weight excluding hydrogens is 653 g/mol. The largest absolute Gasteiger partial charge is 0.493 e. The third-order valence-corrected chi connectivity index (χ3v) is 9.43. The van der Waals surface area contributed by atoms with Gasteiger partial charge in [-0.15, -0.1) is 0 Å². The number of aliphatic hydroxyl groups excluding tert-OH is 3. The van der Waals surface area contributed by atoms with E-state index in [1.807, 2.05) is 43.3 Å². The number of hydrogen-bond acceptors (Lipinski definition) is 8. The van der Waals surface area contributed by atoms with E-state index in [1.54, 1.807) is 12.1 Å². The van der Waals surface area contributed by atoms with E-state index in [1.165, 1.54) is 0 Å². The molecule has 1 heterocycles. The van der Waals surface area contributed by atoms with Crippen molar-refractivity contribution in [2.24, 2.45) is 5.92 Å². The molecule has 5 rings (SSSR count). The fourth-order valence-electron chi connectivity index (χ4n) is 5.64. The first kappa shape index (κ1) is 35.6. The van der Waals surface area contributed by atoms with E-state index in [4.69, 9.17) is 37.4 Å². The zero-order valence-electron chi connectivity index (χ0n) is 26.4. The number of aliphatic hydroxyl groups is 3. The Morgan fingerprint density at radius 1 is 0.979 bits per heavy atom. The summed E-state index contributed by atoms with van der Waals surface area (Å²) in [6.45, 7) is 4.62. The fraction of sp³-hybridized carbons (Fsp3) is 0.486. The average molecular weight is 696 g/mol. The lowest BCUT2D eigenvalue weighted by molar-refractivity contribution is 0.0853. The van der Waals surface area contributed by atoms with Gasteiger partial charge in [0.2, 0.25) is 0 Å². The number of β-amino-alcohol motifs (C(OH)–C–C–N with tert-alkyl or cyclic N) is 1. The first-order valence-corrected chi connectivity index (χ1v) is 16.7. The van der Waals surface area contributed by atoms with E-state index in [-0.39, 0.29) is 50.5 Å². The van der Waals surface area contributed by atoms with Gasteiger partial charge < -0.3 is 39.7 Å². The molecule has 256 valence electrons. The molecule has 2 fully saturated rings. The first-order chi connectivity index (χ1) is 22.6. The van der Waals surface area contributed by atoms with E-state index >= 15 is 0 Å². The molecule has 0 radical (unpaired) electrons. The van der Waals surface area contributed by atoms with Crippen molar-refractivity contribution in [2.45, 2.75) is 57.4 Å². The Balaban J connectivity index is 1.27. The van der Waals surface area contributed by atoms with E-state index < -0.39 is 17.9 Å². The number of alkyl halides is 2. The molecule has 4 N–H and O–H groups in total. The monoisotopic (exact) mass is 694 g/mol. The Morgan fingerprint density at radius 2 is 1.72 bits per heavy atom.